The lowest BCUT2D eigenvalue weighted by Gasteiger charge is -2.07. The predicted octanol–water partition coefficient (Wildman–Crippen LogP) is 4.64. The minimum Gasteiger partial charge on any atom is -0.347 e. The van der Waals surface area contributed by atoms with Crippen molar-refractivity contribution < 1.29 is 9.18 Å². The van der Waals surface area contributed by atoms with Gasteiger partial charge in [0.15, 0.2) is 11.6 Å². The fourth-order valence-electron chi connectivity index (χ4n) is 2.44. The molecule has 1 aromatic carbocycles. The summed E-state index contributed by atoms with van der Waals surface area (Å²) in [7, 11) is 1.77. The number of hydrogen-bond donors (Lipinski definition) is 1. The summed E-state index contributed by atoms with van der Waals surface area (Å²) in [5, 5.41) is 3.41. The van der Waals surface area contributed by atoms with E-state index in [0.29, 0.717) is 27.8 Å². The summed E-state index contributed by atoms with van der Waals surface area (Å²) >= 11 is 7.77. The summed E-state index contributed by atoms with van der Waals surface area (Å²) in [5.74, 6) is 0.469. The lowest BCUT2D eigenvalue weighted by molar-refractivity contribution is 0.102. The zero-order chi connectivity index (χ0) is 18.7. The molecule has 3 aromatic rings. The monoisotopic (exact) mass is 390 g/mol. The van der Waals surface area contributed by atoms with E-state index in [1.807, 2.05) is 19.1 Å². The van der Waals surface area contributed by atoms with E-state index >= 15 is 0 Å². The van der Waals surface area contributed by atoms with Gasteiger partial charge in [0, 0.05) is 28.9 Å². The quantitative estimate of drug-likeness (QED) is 0.645. The van der Waals surface area contributed by atoms with E-state index in [1.54, 1.807) is 41.7 Å². The highest BCUT2D eigenvalue weighted by Crippen LogP contribution is 2.27. The van der Waals surface area contributed by atoms with Crippen LogP contribution in [0.1, 0.15) is 17.3 Å². The molecule has 0 saturated heterocycles. The van der Waals surface area contributed by atoms with Crippen LogP contribution in [0, 0.1) is 5.82 Å². The van der Waals surface area contributed by atoms with Crippen LogP contribution in [0.15, 0.2) is 47.8 Å². The van der Waals surface area contributed by atoms with Crippen LogP contribution in [0.4, 0.5) is 10.1 Å². The first kappa shape index (κ1) is 18.4. The number of benzene rings is 1. The topological polar surface area (TPSA) is 59.8 Å². The van der Waals surface area contributed by atoms with Crippen molar-refractivity contribution in [3.63, 3.8) is 0 Å². The van der Waals surface area contributed by atoms with E-state index in [1.165, 1.54) is 0 Å². The molecule has 0 aliphatic heterocycles. The minimum atomic E-state index is -0.511. The number of hydrogen-bond acceptors (Lipinski definition) is 4. The minimum absolute atomic E-state index is 0.274. The van der Waals surface area contributed by atoms with Gasteiger partial charge in [0.05, 0.1) is 23.7 Å². The molecule has 2 heterocycles. The highest BCUT2D eigenvalue weighted by Gasteiger charge is 2.14. The molecule has 0 atom stereocenters. The van der Waals surface area contributed by atoms with Crippen molar-refractivity contribution in [2.24, 2.45) is 7.05 Å². The third-order valence-corrected chi connectivity index (χ3v) is 4.63. The van der Waals surface area contributed by atoms with Gasteiger partial charge in [0.1, 0.15) is 0 Å². The van der Waals surface area contributed by atoms with Crippen LogP contribution >= 0.6 is 23.4 Å². The summed E-state index contributed by atoms with van der Waals surface area (Å²) in [6.07, 6.45) is 3.85. The first-order valence-electron chi connectivity index (χ1n) is 7.85. The molecule has 5 nitrogen and oxygen atoms in total. The summed E-state index contributed by atoms with van der Waals surface area (Å²) in [4.78, 5) is 21.5. The fraction of sp³-hybridized carbons (Fsp3) is 0.167. The third kappa shape index (κ3) is 4.23. The summed E-state index contributed by atoms with van der Waals surface area (Å²) < 4.78 is 14.7. The first-order valence-corrected chi connectivity index (χ1v) is 9.21. The highest BCUT2D eigenvalue weighted by atomic mass is 35.5. The van der Waals surface area contributed by atoms with Gasteiger partial charge in [-0.05, 0) is 30.0 Å². The Morgan fingerprint density at radius 3 is 2.69 bits per heavy atom. The molecule has 8 heteroatoms. The van der Waals surface area contributed by atoms with Gasteiger partial charge in [-0.2, -0.15) is 0 Å². The Morgan fingerprint density at radius 2 is 2.00 bits per heavy atom. The van der Waals surface area contributed by atoms with Crippen LogP contribution < -0.4 is 5.32 Å². The Labute approximate surface area is 159 Å². The lowest BCUT2D eigenvalue weighted by Crippen LogP contribution is -2.11. The number of nitrogens with one attached hydrogen (secondary N) is 1. The molecule has 0 saturated carbocycles. The van der Waals surface area contributed by atoms with E-state index in [9.17, 15) is 9.18 Å². The third-order valence-electron chi connectivity index (χ3n) is 3.56. The van der Waals surface area contributed by atoms with Crippen LogP contribution in [0.3, 0.4) is 0 Å². The molecule has 2 aromatic heterocycles. The van der Waals surface area contributed by atoms with Gasteiger partial charge in [-0.15, -0.1) is 11.8 Å². The molecule has 1 amide bonds. The number of amides is 1. The van der Waals surface area contributed by atoms with Gasteiger partial charge in [0.2, 0.25) is 0 Å². The predicted molar refractivity (Wildman–Crippen MR) is 102 cm³/mol. The Balaban J connectivity index is 1.83. The molecule has 0 radical (unpaired) electrons. The zero-order valence-electron chi connectivity index (χ0n) is 14.2. The number of carbonyl (C=O) groups excluding carboxylic acids is 1. The standard InChI is InChI=1S/C18H16ClFN4OS/c1-3-26-15-6-12(19)5-14(7-15)23-18(25)11-4-16(24(2)10-11)17-21-8-13(20)9-22-17/h4-10H,3H2,1-2H3,(H,23,25). The maximum Gasteiger partial charge on any atom is 0.257 e. The van der Waals surface area contributed by atoms with E-state index in [4.69, 9.17) is 11.6 Å². The highest BCUT2D eigenvalue weighted by molar-refractivity contribution is 7.99. The van der Waals surface area contributed by atoms with Crippen molar-refractivity contribution >= 4 is 35.0 Å². The van der Waals surface area contributed by atoms with Gasteiger partial charge in [0.25, 0.3) is 5.91 Å². The fourth-order valence-corrected chi connectivity index (χ4v) is 3.50. The molecule has 0 unspecified atom stereocenters. The Bertz CT molecular complexity index is 943. The maximum atomic E-state index is 13.0. The normalized spacial score (nSPS) is 10.8. The second-order valence-electron chi connectivity index (χ2n) is 5.51. The van der Waals surface area contributed by atoms with Crippen LogP contribution in [-0.2, 0) is 7.05 Å². The molecule has 1 N–H and O–H groups in total. The molecular formula is C18H16ClFN4OS. The number of nitrogens with zero attached hydrogens (tertiary/aromatic N) is 3. The molecule has 26 heavy (non-hydrogen) atoms. The second-order valence-corrected chi connectivity index (χ2v) is 7.29. The summed E-state index contributed by atoms with van der Waals surface area (Å²) in [6, 6.07) is 7.10. The van der Waals surface area contributed by atoms with E-state index in [-0.39, 0.29) is 5.91 Å². The largest absolute Gasteiger partial charge is 0.347 e. The summed E-state index contributed by atoms with van der Waals surface area (Å²) in [5.41, 5.74) is 1.69. The SMILES string of the molecule is CCSc1cc(Cl)cc(NC(=O)c2cc(-c3ncc(F)cn3)n(C)c2)c1. The van der Waals surface area contributed by atoms with Gasteiger partial charge in [-0.25, -0.2) is 14.4 Å². The molecule has 0 aliphatic carbocycles. The Kier molecular flexibility index (Phi) is 5.58. The number of halogens is 2. The second kappa shape index (κ2) is 7.88. The van der Waals surface area contributed by atoms with Crippen molar-refractivity contribution in [2.45, 2.75) is 11.8 Å². The van der Waals surface area contributed by atoms with Crippen LogP contribution in [0.5, 0.6) is 0 Å². The van der Waals surface area contributed by atoms with Gasteiger partial charge in [-0.3, -0.25) is 4.79 Å². The van der Waals surface area contributed by atoms with Crippen LogP contribution in [0.2, 0.25) is 5.02 Å². The number of aromatic nitrogens is 3. The van der Waals surface area contributed by atoms with Crippen molar-refractivity contribution in [2.75, 3.05) is 11.1 Å². The molecule has 3 rings (SSSR count). The van der Waals surface area contributed by atoms with Gasteiger partial charge in [-0.1, -0.05) is 18.5 Å². The molecule has 134 valence electrons. The van der Waals surface area contributed by atoms with E-state index < -0.39 is 5.82 Å². The number of aryl methyl sites for hydroxylation is 1. The number of anilines is 1. The average molecular weight is 391 g/mol. The zero-order valence-corrected chi connectivity index (χ0v) is 15.7. The first-order chi connectivity index (χ1) is 12.5. The van der Waals surface area contributed by atoms with E-state index in [2.05, 4.69) is 15.3 Å². The molecule has 0 spiro atoms. The maximum absolute atomic E-state index is 13.0. The molecule has 0 fully saturated rings. The van der Waals surface area contributed by atoms with Crippen molar-refractivity contribution in [3.05, 3.63) is 59.3 Å². The van der Waals surface area contributed by atoms with Gasteiger partial charge >= 0.3 is 0 Å². The van der Waals surface area contributed by atoms with Gasteiger partial charge < -0.3 is 9.88 Å². The number of carbonyl (C=O) groups is 1. The molecular weight excluding hydrogens is 375 g/mol. The van der Waals surface area contributed by atoms with Crippen LogP contribution in [-0.4, -0.2) is 26.2 Å². The van der Waals surface area contributed by atoms with E-state index in [0.717, 1.165) is 23.0 Å². The van der Waals surface area contributed by atoms with Crippen molar-refractivity contribution in [1.82, 2.24) is 14.5 Å². The van der Waals surface area contributed by atoms with Crippen LogP contribution in [0.25, 0.3) is 11.5 Å². The lowest BCUT2D eigenvalue weighted by atomic mass is 10.2. The molecule has 0 bridgehead atoms. The number of rotatable bonds is 5. The molecule has 0 aliphatic rings. The summed E-state index contributed by atoms with van der Waals surface area (Å²) in [6.45, 7) is 2.05. The Morgan fingerprint density at radius 1 is 1.27 bits per heavy atom. The number of thioether (sulfide) groups is 1. The van der Waals surface area contributed by atoms with Crippen molar-refractivity contribution in [1.29, 1.82) is 0 Å². The average Bonchev–Trinajstić information content (AvgIpc) is 2.97. The van der Waals surface area contributed by atoms with Crippen molar-refractivity contribution in [3.8, 4) is 11.5 Å². The smallest absolute Gasteiger partial charge is 0.257 e. The Hall–Kier alpha value is -2.38.